The highest BCUT2D eigenvalue weighted by Crippen LogP contribution is 2.36. The quantitative estimate of drug-likeness (QED) is 0.483. The van der Waals surface area contributed by atoms with Crippen LogP contribution < -0.4 is 0 Å². The number of aldehydes is 1. The van der Waals surface area contributed by atoms with Gasteiger partial charge in [0.2, 0.25) is 0 Å². The van der Waals surface area contributed by atoms with Gasteiger partial charge in [0, 0.05) is 0 Å². The fourth-order valence-electron chi connectivity index (χ4n) is 2.75. The van der Waals surface area contributed by atoms with Crippen LogP contribution in [-0.4, -0.2) is 30.4 Å². The van der Waals surface area contributed by atoms with Crippen LogP contribution >= 0.6 is 0 Å². The Morgan fingerprint density at radius 1 is 1.16 bits per heavy atom. The highest BCUT2D eigenvalue weighted by Gasteiger charge is 2.41. The number of carbonyl (C=O) groups is 3. The summed E-state index contributed by atoms with van der Waals surface area (Å²) in [5, 5.41) is 8.41. The van der Waals surface area contributed by atoms with Crippen LogP contribution in [0.4, 0.5) is 0 Å². The van der Waals surface area contributed by atoms with Crippen molar-refractivity contribution in [2.45, 2.75) is 51.4 Å². The van der Waals surface area contributed by atoms with Gasteiger partial charge in [0.25, 0.3) is 0 Å². The molecule has 0 bridgehead atoms. The third-order valence-electron chi connectivity index (χ3n) is 4.02. The van der Waals surface area contributed by atoms with Crippen molar-refractivity contribution in [2.24, 2.45) is 11.3 Å². The molecular weight excluding hydrogens is 248 g/mol. The normalized spacial score (nSPS) is 21.3. The predicted molar refractivity (Wildman–Crippen MR) is 68.6 cm³/mol. The molecule has 2 fully saturated rings. The summed E-state index contributed by atoms with van der Waals surface area (Å²) in [6.07, 6.45) is 7.97. The Morgan fingerprint density at radius 2 is 1.68 bits per heavy atom. The fourth-order valence-corrected chi connectivity index (χ4v) is 2.75. The van der Waals surface area contributed by atoms with Gasteiger partial charge < -0.3 is 14.6 Å². The van der Waals surface area contributed by atoms with E-state index in [2.05, 4.69) is 4.74 Å². The maximum atomic E-state index is 11.1. The average molecular weight is 270 g/mol. The smallest absolute Gasteiger partial charge is 0.319 e. The number of carbonyl (C=O) groups excluding carboxylic acids is 2. The number of rotatable bonds is 3. The minimum atomic E-state index is -0.797. The molecule has 0 aromatic carbocycles. The zero-order valence-corrected chi connectivity index (χ0v) is 11.4. The molecule has 5 heteroatoms. The van der Waals surface area contributed by atoms with Crippen molar-refractivity contribution in [3.63, 3.8) is 0 Å². The Bertz CT molecular complexity index is 325. The maximum Gasteiger partial charge on any atom is 0.319 e. The highest BCUT2D eigenvalue weighted by molar-refractivity contribution is 5.93. The first-order valence-corrected chi connectivity index (χ1v) is 6.83. The highest BCUT2D eigenvalue weighted by atomic mass is 16.5. The molecule has 1 N–H and O–H groups in total. The number of carboxylic acid groups (broad SMARTS) is 1. The summed E-state index contributed by atoms with van der Waals surface area (Å²) in [5.41, 5.74) is -0.797. The van der Waals surface area contributed by atoms with E-state index in [1.54, 1.807) is 0 Å². The predicted octanol–water partition coefficient (Wildman–Crippen LogP) is 2.18. The molecule has 19 heavy (non-hydrogen) atoms. The molecule has 5 nitrogen and oxygen atoms in total. The molecule has 0 heterocycles. The van der Waals surface area contributed by atoms with Gasteiger partial charge in [-0.15, -0.1) is 0 Å². The zero-order valence-electron chi connectivity index (χ0n) is 11.4. The summed E-state index contributed by atoms with van der Waals surface area (Å²) in [6, 6.07) is 0. The van der Waals surface area contributed by atoms with E-state index in [-0.39, 0.29) is 11.9 Å². The number of carboxylic acids is 1. The molecule has 2 aliphatic carbocycles. The largest absolute Gasteiger partial charge is 0.481 e. The van der Waals surface area contributed by atoms with E-state index < -0.39 is 11.4 Å². The number of esters is 1. The van der Waals surface area contributed by atoms with E-state index in [0.29, 0.717) is 12.8 Å². The second-order valence-corrected chi connectivity index (χ2v) is 5.29. The Balaban J connectivity index is 0.000000200. The monoisotopic (exact) mass is 270 g/mol. The molecule has 0 spiro atoms. The van der Waals surface area contributed by atoms with Crippen LogP contribution in [0.3, 0.4) is 0 Å². The van der Waals surface area contributed by atoms with E-state index in [9.17, 15) is 14.4 Å². The number of methoxy groups -OCH3 is 1. The minimum Gasteiger partial charge on any atom is -0.481 e. The van der Waals surface area contributed by atoms with Gasteiger partial charge in [0.1, 0.15) is 11.7 Å². The summed E-state index contributed by atoms with van der Waals surface area (Å²) >= 11 is 0. The summed E-state index contributed by atoms with van der Waals surface area (Å²) in [7, 11) is 1.33. The Labute approximate surface area is 113 Å². The van der Waals surface area contributed by atoms with Crippen molar-refractivity contribution in [1.82, 2.24) is 0 Å². The topological polar surface area (TPSA) is 80.7 Å². The van der Waals surface area contributed by atoms with Gasteiger partial charge in [-0.05, 0) is 25.7 Å². The Hall–Kier alpha value is -1.39. The second-order valence-electron chi connectivity index (χ2n) is 5.29. The van der Waals surface area contributed by atoms with E-state index in [1.165, 1.54) is 7.11 Å². The van der Waals surface area contributed by atoms with Gasteiger partial charge in [0.15, 0.2) is 0 Å². The molecule has 0 amide bonds. The van der Waals surface area contributed by atoms with E-state index in [0.717, 1.165) is 44.8 Å². The van der Waals surface area contributed by atoms with E-state index in [1.807, 2.05) is 0 Å². The molecule has 0 atom stereocenters. The van der Waals surface area contributed by atoms with Crippen molar-refractivity contribution in [3.05, 3.63) is 0 Å². The number of aliphatic carboxylic acids is 1. The van der Waals surface area contributed by atoms with Crippen LogP contribution in [0.25, 0.3) is 0 Å². The minimum absolute atomic E-state index is 0.0185. The van der Waals surface area contributed by atoms with Crippen molar-refractivity contribution in [2.75, 3.05) is 7.11 Å². The average Bonchev–Trinajstić information content (AvgIpc) is 3.10. The van der Waals surface area contributed by atoms with Gasteiger partial charge >= 0.3 is 11.9 Å². The van der Waals surface area contributed by atoms with Crippen molar-refractivity contribution < 1.29 is 24.2 Å². The molecule has 0 radical (unpaired) electrons. The Kier molecular flexibility index (Phi) is 5.99. The zero-order chi connectivity index (χ0) is 14.3. The van der Waals surface area contributed by atoms with Crippen LogP contribution in [0.2, 0.25) is 0 Å². The number of ether oxygens (including phenoxy) is 1. The molecule has 0 aliphatic heterocycles. The first-order valence-electron chi connectivity index (χ1n) is 6.83. The van der Waals surface area contributed by atoms with Crippen LogP contribution in [0.5, 0.6) is 0 Å². The lowest BCUT2D eigenvalue weighted by Crippen LogP contribution is -2.30. The lowest BCUT2D eigenvalue weighted by atomic mass is 9.88. The molecule has 2 saturated carbocycles. The lowest BCUT2D eigenvalue weighted by molar-refractivity contribution is -0.154. The molecule has 0 saturated heterocycles. The molecular formula is C14H22O5. The van der Waals surface area contributed by atoms with Crippen molar-refractivity contribution in [3.8, 4) is 0 Å². The van der Waals surface area contributed by atoms with Crippen molar-refractivity contribution >= 4 is 18.2 Å². The summed E-state index contributed by atoms with van der Waals surface area (Å²) in [6.45, 7) is 0. The van der Waals surface area contributed by atoms with Crippen LogP contribution in [-0.2, 0) is 19.1 Å². The molecule has 0 aromatic rings. The third-order valence-corrected chi connectivity index (χ3v) is 4.02. The lowest BCUT2D eigenvalue weighted by Gasteiger charge is -2.17. The van der Waals surface area contributed by atoms with Crippen LogP contribution in [0.1, 0.15) is 51.4 Å². The third kappa shape index (κ3) is 4.04. The molecule has 2 aliphatic rings. The van der Waals surface area contributed by atoms with Gasteiger partial charge in [-0.2, -0.15) is 0 Å². The fraction of sp³-hybridized carbons (Fsp3) is 0.786. The summed E-state index contributed by atoms with van der Waals surface area (Å²) < 4.78 is 4.56. The van der Waals surface area contributed by atoms with E-state index in [4.69, 9.17) is 5.11 Å². The Morgan fingerprint density at radius 3 is 2.00 bits per heavy atom. The first-order chi connectivity index (χ1) is 9.05. The number of hydrogen-bond donors (Lipinski definition) is 1. The number of hydrogen-bond acceptors (Lipinski definition) is 4. The van der Waals surface area contributed by atoms with Crippen LogP contribution in [0, 0.1) is 11.3 Å². The molecule has 0 unspecified atom stereocenters. The van der Waals surface area contributed by atoms with Gasteiger partial charge in [0.05, 0.1) is 13.0 Å². The van der Waals surface area contributed by atoms with Gasteiger partial charge in [-0.3, -0.25) is 9.59 Å². The summed E-state index contributed by atoms with van der Waals surface area (Å²) in [4.78, 5) is 31.9. The first kappa shape index (κ1) is 15.7. The summed E-state index contributed by atoms with van der Waals surface area (Å²) in [5.74, 6) is -0.998. The molecule has 108 valence electrons. The standard InChI is InChI=1S/C8H12O3.C6H10O2/c1-11-7(10)8(6-9)4-2-3-5-8;7-6(8)5-3-1-2-4-5/h6H,2-5H2,1H3;5H,1-4H2,(H,7,8). The van der Waals surface area contributed by atoms with Gasteiger partial charge in [-0.25, -0.2) is 0 Å². The van der Waals surface area contributed by atoms with Crippen LogP contribution in [0.15, 0.2) is 0 Å². The van der Waals surface area contributed by atoms with Gasteiger partial charge in [-0.1, -0.05) is 25.7 Å². The SMILES string of the molecule is COC(=O)C1(C=O)CCCC1.O=C(O)C1CCCC1. The second kappa shape index (κ2) is 7.26. The van der Waals surface area contributed by atoms with Crippen molar-refractivity contribution in [1.29, 1.82) is 0 Å². The van der Waals surface area contributed by atoms with E-state index >= 15 is 0 Å². The molecule has 2 rings (SSSR count). The molecule has 0 aromatic heterocycles. The maximum absolute atomic E-state index is 11.1.